The topological polar surface area (TPSA) is 64.9 Å². The number of hydrogen-bond acceptors (Lipinski definition) is 4. The quantitative estimate of drug-likeness (QED) is 0.649. The summed E-state index contributed by atoms with van der Waals surface area (Å²) in [4.78, 5) is 7.70. The van der Waals surface area contributed by atoms with Gasteiger partial charge in [-0.15, -0.1) is 0 Å². The average Bonchev–Trinajstić information content (AvgIpc) is 2.27. The molecule has 0 aliphatic carbocycles. The Morgan fingerprint density at radius 1 is 1.36 bits per heavy atom. The molecule has 2 heterocycles. The third-order valence-electron chi connectivity index (χ3n) is 1.25. The summed E-state index contributed by atoms with van der Waals surface area (Å²) in [6.45, 7) is 0. The molecule has 56 valence electrons. The van der Waals surface area contributed by atoms with Crippen LogP contribution in [-0.2, 0) is 0 Å². The summed E-state index contributed by atoms with van der Waals surface area (Å²) in [5.74, 6) is 0.394. The first-order valence-electron chi connectivity index (χ1n) is 2.94. The van der Waals surface area contributed by atoms with E-state index in [0.717, 1.165) is 0 Å². The predicted octanol–water partition coefficient (Wildman–Crippen LogP) is 1.46. The van der Waals surface area contributed by atoms with Crippen LogP contribution in [0.15, 0.2) is 16.5 Å². The minimum Gasteiger partial charge on any atom is -0.408 e. The fourth-order valence-electron chi connectivity index (χ4n) is 0.805. The first-order valence-corrected chi connectivity index (χ1v) is 3.32. The van der Waals surface area contributed by atoms with Crippen molar-refractivity contribution in [3.8, 4) is 0 Å². The molecular weight excluding hydrogens is 166 g/mol. The highest BCUT2D eigenvalue weighted by Crippen LogP contribution is 2.17. The highest BCUT2D eigenvalue weighted by molar-refractivity contribution is 6.28. The Labute approximate surface area is 67.0 Å². The van der Waals surface area contributed by atoms with Gasteiger partial charge >= 0.3 is 0 Å². The van der Waals surface area contributed by atoms with Crippen molar-refractivity contribution in [2.75, 3.05) is 5.73 Å². The van der Waals surface area contributed by atoms with Crippen LogP contribution < -0.4 is 5.73 Å². The van der Waals surface area contributed by atoms with Crippen LogP contribution in [0.3, 0.4) is 0 Å². The van der Waals surface area contributed by atoms with Gasteiger partial charge in [0.25, 0.3) is 5.35 Å². The van der Waals surface area contributed by atoms with Gasteiger partial charge in [0.1, 0.15) is 11.3 Å². The van der Waals surface area contributed by atoms with Gasteiger partial charge in [-0.1, -0.05) is 0 Å². The molecule has 0 saturated heterocycles. The molecule has 2 aromatic heterocycles. The number of aromatic nitrogens is 2. The van der Waals surface area contributed by atoms with Crippen LogP contribution in [-0.4, -0.2) is 9.97 Å². The third kappa shape index (κ3) is 1.01. The molecule has 0 spiro atoms. The van der Waals surface area contributed by atoms with E-state index >= 15 is 0 Å². The molecule has 0 radical (unpaired) electrons. The van der Waals surface area contributed by atoms with E-state index in [1.807, 2.05) is 0 Å². The molecule has 11 heavy (non-hydrogen) atoms. The van der Waals surface area contributed by atoms with Gasteiger partial charge in [0.2, 0.25) is 5.71 Å². The molecule has 2 aromatic rings. The summed E-state index contributed by atoms with van der Waals surface area (Å²) in [5.41, 5.74) is 6.38. The van der Waals surface area contributed by atoms with Crippen LogP contribution >= 0.6 is 11.6 Å². The molecule has 0 aromatic carbocycles. The Morgan fingerprint density at radius 3 is 3.00 bits per heavy atom. The van der Waals surface area contributed by atoms with Gasteiger partial charge in [-0.25, -0.2) is 0 Å². The molecule has 2 rings (SSSR count). The summed E-state index contributed by atoms with van der Waals surface area (Å²) < 4.78 is 4.91. The number of halogens is 1. The second kappa shape index (κ2) is 2.10. The molecule has 0 atom stereocenters. The van der Waals surface area contributed by atoms with E-state index in [1.165, 1.54) is 0 Å². The molecule has 0 bridgehead atoms. The fourth-order valence-corrected chi connectivity index (χ4v) is 0.969. The molecule has 0 aliphatic rings. The van der Waals surface area contributed by atoms with Crippen molar-refractivity contribution in [3.05, 3.63) is 17.5 Å². The van der Waals surface area contributed by atoms with E-state index < -0.39 is 0 Å². The van der Waals surface area contributed by atoms with E-state index in [2.05, 4.69) is 9.97 Å². The van der Waals surface area contributed by atoms with Crippen molar-refractivity contribution in [1.82, 2.24) is 9.97 Å². The van der Waals surface area contributed by atoms with Crippen molar-refractivity contribution in [2.24, 2.45) is 0 Å². The van der Waals surface area contributed by atoms with Crippen molar-refractivity contribution < 1.29 is 4.42 Å². The van der Waals surface area contributed by atoms with E-state index in [9.17, 15) is 0 Å². The molecule has 0 saturated carbocycles. The van der Waals surface area contributed by atoms with Gasteiger partial charge in [0.05, 0.1) is 0 Å². The van der Waals surface area contributed by atoms with Crippen LogP contribution in [0.4, 0.5) is 5.82 Å². The summed E-state index contributed by atoms with van der Waals surface area (Å²) in [5, 5.41) is 0.0816. The number of rotatable bonds is 0. The zero-order valence-electron chi connectivity index (χ0n) is 5.41. The molecule has 0 aliphatic heterocycles. The summed E-state index contributed by atoms with van der Waals surface area (Å²) >= 11 is 5.48. The van der Waals surface area contributed by atoms with Crippen molar-refractivity contribution >= 4 is 28.6 Å². The number of nitrogens with two attached hydrogens (primary N) is 1. The minimum absolute atomic E-state index is 0.0816. The van der Waals surface area contributed by atoms with Crippen LogP contribution in [0.5, 0.6) is 0 Å². The zero-order valence-corrected chi connectivity index (χ0v) is 6.17. The maximum atomic E-state index is 5.48. The maximum absolute atomic E-state index is 5.48. The van der Waals surface area contributed by atoms with Gasteiger partial charge < -0.3 is 10.2 Å². The number of fused-ring (bicyclic) bond motifs is 1. The summed E-state index contributed by atoms with van der Waals surface area (Å²) in [6, 6.07) is 3.34. The highest BCUT2D eigenvalue weighted by atomic mass is 35.5. The Balaban J connectivity index is 2.82. The molecule has 0 amide bonds. The largest absolute Gasteiger partial charge is 0.408 e. The first-order chi connectivity index (χ1) is 5.25. The molecule has 5 heteroatoms. The van der Waals surface area contributed by atoms with E-state index in [0.29, 0.717) is 17.0 Å². The zero-order chi connectivity index (χ0) is 7.84. The first kappa shape index (κ1) is 6.42. The molecule has 0 unspecified atom stereocenters. The monoisotopic (exact) mass is 169 g/mol. The lowest BCUT2D eigenvalue weighted by molar-refractivity contribution is 0.593. The smallest absolute Gasteiger partial charge is 0.294 e. The van der Waals surface area contributed by atoms with Crippen molar-refractivity contribution in [3.63, 3.8) is 0 Å². The van der Waals surface area contributed by atoms with Gasteiger partial charge in [-0.05, 0) is 23.7 Å². The normalized spacial score (nSPS) is 10.6. The van der Waals surface area contributed by atoms with Crippen molar-refractivity contribution in [1.29, 1.82) is 0 Å². The minimum atomic E-state index is 0.0816. The SMILES string of the molecule is Nc1ccc2nc(Cl)oc2n1. The predicted molar refractivity (Wildman–Crippen MR) is 41.2 cm³/mol. The third-order valence-corrected chi connectivity index (χ3v) is 1.41. The number of nitrogens with zero attached hydrogens (tertiary/aromatic N) is 2. The van der Waals surface area contributed by atoms with E-state index in [-0.39, 0.29) is 5.35 Å². The fraction of sp³-hybridized carbons (Fsp3) is 0. The van der Waals surface area contributed by atoms with Gasteiger partial charge in [0.15, 0.2) is 0 Å². The summed E-state index contributed by atoms with van der Waals surface area (Å²) in [6.07, 6.45) is 0. The molecular formula is C6H4ClN3O. The van der Waals surface area contributed by atoms with Crippen LogP contribution in [0, 0.1) is 0 Å². The Kier molecular flexibility index (Phi) is 1.22. The number of oxazole rings is 1. The Bertz CT molecular complexity index is 398. The maximum Gasteiger partial charge on any atom is 0.294 e. The lowest BCUT2D eigenvalue weighted by atomic mass is 10.4. The van der Waals surface area contributed by atoms with Crippen LogP contribution in [0.2, 0.25) is 5.35 Å². The lowest BCUT2D eigenvalue weighted by Crippen LogP contribution is -1.87. The van der Waals surface area contributed by atoms with E-state index in [4.69, 9.17) is 21.8 Å². The number of nitrogen functional groups attached to an aromatic ring is 1. The standard InChI is InChI=1S/C6H4ClN3O/c7-6-9-3-1-2-4(8)10-5(3)11-6/h1-2H,(H2,8,10). The highest BCUT2D eigenvalue weighted by Gasteiger charge is 2.03. The van der Waals surface area contributed by atoms with Gasteiger partial charge in [-0.2, -0.15) is 9.97 Å². The average molecular weight is 170 g/mol. The lowest BCUT2D eigenvalue weighted by Gasteiger charge is -1.87. The second-order valence-electron chi connectivity index (χ2n) is 2.03. The number of pyridine rings is 1. The molecule has 2 N–H and O–H groups in total. The number of anilines is 1. The van der Waals surface area contributed by atoms with E-state index in [1.54, 1.807) is 12.1 Å². The molecule has 0 fully saturated rings. The van der Waals surface area contributed by atoms with Crippen LogP contribution in [0.25, 0.3) is 11.2 Å². The van der Waals surface area contributed by atoms with Crippen molar-refractivity contribution in [2.45, 2.75) is 0 Å². The Hall–Kier alpha value is -1.29. The Morgan fingerprint density at radius 2 is 2.18 bits per heavy atom. The molecule has 4 nitrogen and oxygen atoms in total. The van der Waals surface area contributed by atoms with Gasteiger partial charge in [0, 0.05) is 0 Å². The summed E-state index contributed by atoms with van der Waals surface area (Å²) in [7, 11) is 0. The second-order valence-corrected chi connectivity index (χ2v) is 2.35. The van der Waals surface area contributed by atoms with Crippen LogP contribution in [0.1, 0.15) is 0 Å². The number of hydrogen-bond donors (Lipinski definition) is 1. The van der Waals surface area contributed by atoms with Gasteiger partial charge in [-0.3, -0.25) is 0 Å².